The molecule has 3 aromatic rings. The zero-order valence-corrected chi connectivity index (χ0v) is 22.0. The van der Waals surface area contributed by atoms with Gasteiger partial charge in [0, 0.05) is 43.8 Å². The quantitative estimate of drug-likeness (QED) is 0.203. The highest BCUT2D eigenvalue weighted by molar-refractivity contribution is 6.01. The first-order valence-electron chi connectivity index (χ1n) is 12.8. The van der Waals surface area contributed by atoms with Gasteiger partial charge >= 0.3 is 0 Å². The molecule has 39 heavy (non-hydrogen) atoms. The van der Waals surface area contributed by atoms with Gasteiger partial charge in [-0.25, -0.2) is 0 Å². The topological polar surface area (TPSA) is 151 Å². The van der Waals surface area contributed by atoms with Crippen molar-refractivity contribution in [2.24, 2.45) is 7.05 Å². The Morgan fingerprint density at radius 3 is 2.44 bits per heavy atom. The average Bonchev–Trinajstić information content (AvgIpc) is 3.32. The number of ether oxygens (including phenoxy) is 1. The third kappa shape index (κ3) is 6.47. The van der Waals surface area contributed by atoms with E-state index in [1.165, 1.54) is 18.7 Å². The molecule has 206 valence electrons. The lowest BCUT2D eigenvalue weighted by Crippen LogP contribution is -2.48. The summed E-state index contributed by atoms with van der Waals surface area (Å²) in [5, 5.41) is 53.1. The summed E-state index contributed by atoms with van der Waals surface area (Å²) in [6.45, 7) is 4.07. The predicted octanol–water partition coefficient (Wildman–Crippen LogP) is 1.17. The van der Waals surface area contributed by atoms with E-state index in [-0.39, 0.29) is 5.57 Å². The molecule has 10 heteroatoms. The zero-order chi connectivity index (χ0) is 28.1. The van der Waals surface area contributed by atoms with Gasteiger partial charge in [-0.2, -0.15) is 5.26 Å². The number of hydrogen-bond donors (Lipinski definition) is 5. The van der Waals surface area contributed by atoms with Gasteiger partial charge in [0.1, 0.15) is 23.9 Å². The summed E-state index contributed by atoms with van der Waals surface area (Å²) >= 11 is 0. The second kappa shape index (κ2) is 12.4. The Morgan fingerprint density at radius 1 is 1.05 bits per heavy atom. The summed E-state index contributed by atoms with van der Waals surface area (Å²) in [4.78, 5) is 14.9. The highest BCUT2D eigenvalue weighted by atomic mass is 16.5. The number of morpholine rings is 1. The van der Waals surface area contributed by atoms with Crippen molar-refractivity contribution >= 4 is 28.4 Å². The van der Waals surface area contributed by atoms with Crippen molar-refractivity contribution in [1.29, 1.82) is 5.26 Å². The third-order valence-corrected chi connectivity index (χ3v) is 7.02. The molecule has 4 atom stereocenters. The Kier molecular flexibility index (Phi) is 9.01. The molecule has 0 bridgehead atoms. The van der Waals surface area contributed by atoms with E-state index in [1.807, 2.05) is 35.9 Å². The van der Waals surface area contributed by atoms with Crippen molar-refractivity contribution in [1.82, 2.24) is 9.88 Å². The van der Waals surface area contributed by atoms with Gasteiger partial charge in [-0.3, -0.25) is 4.79 Å². The maximum Gasteiger partial charge on any atom is 0.262 e. The van der Waals surface area contributed by atoms with Gasteiger partial charge in [0.2, 0.25) is 0 Å². The maximum atomic E-state index is 12.6. The Hall–Kier alpha value is -3.72. The van der Waals surface area contributed by atoms with Crippen LogP contribution in [-0.2, 0) is 16.6 Å². The van der Waals surface area contributed by atoms with E-state index in [9.17, 15) is 30.5 Å². The number of nitriles is 1. The van der Waals surface area contributed by atoms with Gasteiger partial charge in [0.25, 0.3) is 5.91 Å². The number of aromatic nitrogens is 1. The highest BCUT2D eigenvalue weighted by Crippen LogP contribution is 2.29. The Morgan fingerprint density at radius 2 is 1.74 bits per heavy atom. The number of amides is 1. The number of benzene rings is 2. The van der Waals surface area contributed by atoms with E-state index in [2.05, 4.69) is 40.5 Å². The molecule has 4 rings (SSSR count). The molecule has 1 aromatic heterocycles. The molecule has 1 fully saturated rings. The van der Waals surface area contributed by atoms with Gasteiger partial charge in [-0.05, 0) is 59.7 Å². The summed E-state index contributed by atoms with van der Waals surface area (Å²) in [6, 6.07) is 18.2. The predicted molar refractivity (Wildman–Crippen MR) is 148 cm³/mol. The highest BCUT2D eigenvalue weighted by Gasteiger charge is 2.28. The summed E-state index contributed by atoms with van der Waals surface area (Å²) in [5.74, 6) is -0.736. The number of nitrogens with zero attached hydrogens (tertiary/aromatic N) is 3. The van der Waals surface area contributed by atoms with Crippen LogP contribution in [0.4, 0.5) is 5.69 Å². The van der Waals surface area contributed by atoms with Gasteiger partial charge in [-0.15, -0.1) is 0 Å². The summed E-state index contributed by atoms with van der Waals surface area (Å²) in [5.41, 5.74) is 3.51. The van der Waals surface area contributed by atoms with Crippen LogP contribution in [0, 0.1) is 11.3 Å². The molecule has 0 saturated carbocycles. The first kappa shape index (κ1) is 28.3. The lowest BCUT2D eigenvalue weighted by molar-refractivity contribution is -0.120. The fraction of sp³-hybridized carbons (Fsp3) is 0.379. The van der Waals surface area contributed by atoms with E-state index in [0.29, 0.717) is 5.69 Å². The van der Waals surface area contributed by atoms with E-state index in [1.54, 1.807) is 0 Å². The van der Waals surface area contributed by atoms with E-state index >= 15 is 0 Å². The van der Waals surface area contributed by atoms with Gasteiger partial charge in [0.15, 0.2) is 0 Å². The van der Waals surface area contributed by atoms with E-state index in [4.69, 9.17) is 4.74 Å². The number of aliphatic hydroxyl groups is 4. The molecule has 0 unspecified atom stereocenters. The van der Waals surface area contributed by atoms with E-state index in [0.717, 1.165) is 48.3 Å². The first-order chi connectivity index (χ1) is 18.7. The number of aliphatic hydroxyl groups excluding tert-OH is 4. The van der Waals surface area contributed by atoms with Crippen molar-refractivity contribution in [3.8, 4) is 17.3 Å². The second-order valence-corrected chi connectivity index (χ2v) is 9.72. The van der Waals surface area contributed by atoms with Gasteiger partial charge in [-0.1, -0.05) is 18.2 Å². The lowest BCUT2D eigenvalue weighted by atomic mass is 10.0. The molecule has 2 heterocycles. The first-order valence-corrected chi connectivity index (χ1v) is 12.8. The van der Waals surface area contributed by atoms with Crippen molar-refractivity contribution < 1.29 is 30.0 Å². The van der Waals surface area contributed by atoms with Crippen LogP contribution >= 0.6 is 0 Å². The third-order valence-electron chi connectivity index (χ3n) is 7.02. The molecule has 0 aliphatic carbocycles. The van der Waals surface area contributed by atoms with Crippen LogP contribution in [-0.4, -0.2) is 88.2 Å². The van der Waals surface area contributed by atoms with E-state index < -0.39 is 36.9 Å². The minimum Gasteiger partial charge on any atom is -0.391 e. The molecule has 0 radical (unpaired) electrons. The molecular formula is C29H34N4O6. The van der Waals surface area contributed by atoms with Crippen LogP contribution in [0.3, 0.4) is 0 Å². The second-order valence-electron chi connectivity index (χ2n) is 9.72. The minimum atomic E-state index is -1.66. The number of fused-ring (bicyclic) bond motifs is 1. The van der Waals surface area contributed by atoms with Crippen LogP contribution in [0.1, 0.15) is 12.6 Å². The number of anilines is 1. The Bertz CT molecular complexity index is 1390. The Labute approximate surface area is 227 Å². The van der Waals surface area contributed by atoms with Crippen molar-refractivity contribution in [3.63, 3.8) is 0 Å². The minimum absolute atomic E-state index is 0.185. The molecule has 0 spiro atoms. The molecular weight excluding hydrogens is 500 g/mol. The molecule has 5 N–H and O–H groups in total. The van der Waals surface area contributed by atoms with Crippen LogP contribution in [0.2, 0.25) is 0 Å². The van der Waals surface area contributed by atoms with Crippen molar-refractivity contribution in [2.75, 3.05) is 37.7 Å². The molecule has 1 amide bonds. The molecule has 1 aliphatic rings. The molecule has 2 aromatic carbocycles. The fourth-order valence-electron chi connectivity index (χ4n) is 4.60. The van der Waals surface area contributed by atoms with Crippen molar-refractivity contribution in [3.05, 3.63) is 59.8 Å². The maximum absolute atomic E-state index is 12.6. The Balaban J connectivity index is 1.48. The monoisotopic (exact) mass is 534 g/mol. The normalized spacial score (nSPS) is 17.4. The van der Waals surface area contributed by atoms with Crippen LogP contribution < -0.4 is 10.2 Å². The van der Waals surface area contributed by atoms with Crippen LogP contribution in [0.5, 0.6) is 0 Å². The van der Waals surface area contributed by atoms with Gasteiger partial charge < -0.3 is 39.9 Å². The zero-order valence-electron chi connectivity index (χ0n) is 22.0. The standard InChI is InChI=1S/C29H34N4O6/c1-18(34)27(36)28(37)26(35)17-31-29(38)22(16-30)15-23-7-8-25(32(23)2)21-4-3-20-14-24(6-5-19(20)13-21)33-9-11-39-12-10-33/h3-8,13-15,18,26-28,34-37H,9-12,17H2,1-2H3,(H,31,38)/b22-15+/t18-,26+,27+,28+/m0/s1. The molecule has 10 nitrogen and oxygen atoms in total. The number of carbonyl (C=O) groups is 1. The largest absolute Gasteiger partial charge is 0.391 e. The number of hydrogen-bond acceptors (Lipinski definition) is 8. The summed E-state index contributed by atoms with van der Waals surface area (Å²) in [7, 11) is 1.84. The fourth-order valence-corrected chi connectivity index (χ4v) is 4.60. The van der Waals surface area contributed by atoms with Crippen molar-refractivity contribution in [2.45, 2.75) is 31.3 Å². The number of rotatable bonds is 9. The number of carbonyl (C=O) groups excluding carboxylic acids is 1. The lowest BCUT2D eigenvalue weighted by Gasteiger charge is -2.29. The summed E-state index contributed by atoms with van der Waals surface area (Å²) in [6.07, 6.45) is -4.59. The average molecular weight is 535 g/mol. The van der Waals surface area contributed by atoms with Crippen LogP contribution in [0.25, 0.3) is 28.1 Å². The summed E-state index contributed by atoms with van der Waals surface area (Å²) < 4.78 is 7.33. The SMILES string of the molecule is C[C@H](O)[C@@H](O)[C@H](O)[C@H](O)CNC(=O)/C(C#N)=C/c1ccc(-c2ccc3cc(N4CCOCC4)ccc3c2)n1C. The molecule has 1 saturated heterocycles. The number of nitrogens with one attached hydrogen (secondary N) is 1. The van der Waals surface area contributed by atoms with Crippen LogP contribution in [0.15, 0.2) is 54.1 Å². The smallest absolute Gasteiger partial charge is 0.262 e. The molecule has 1 aliphatic heterocycles. The van der Waals surface area contributed by atoms with Gasteiger partial charge in [0.05, 0.1) is 25.4 Å².